The summed E-state index contributed by atoms with van der Waals surface area (Å²) in [5.41, 5.74) is 2.32. The second-order valence-corrected chi connectivity index (χ2v) is 4.60. The van der Waals surface area contributed by atoms with Crippen molar-refractivity contribution in [2.45, 2.75) is 33.5 Å². The van der Waals surface area contributed by atoms with Crippen LogP contribution in [0.1, 0.15) is 23.3 Å². The van der Waals surface area contributed by atoms with Crippen LogP contribution in [0.3, 0.4) is 0 Å². The molecular weight excluding hydrogens is 220 g/mol. The third-order valence-corrected chi connectivity index (χ3v) is 3.35. The third-order valence-electron chi connectivity index (χ3n) is 2.39. The molecule has 0 atom stereocenters. The average molecular weight is 236 g/mol. The van der Waals surface area contributed by atoms with Crippen molar-refractivity contribution in [1.82, 2.24) is 19.9 Å². The summed E-state index contributed by atoms with van der Waals surface area (Å²) in [4.78, 5) is 8.54. The van der Waals surface area contributed by atoms with E-state index in [1.807, 2.05) is 19.4 Å². The Morgan fingerprint density at radius 2 is 2.31 bits per heavy atom. The Morgan fingerprint density at radius 1 is 1.44 bits per heavy atom. The highest BCUT2D eigenvalue weighted by molar-refractivity contribution is 7.09. The van der Waals surface area contributed by atoms with Gasteiger partial charge in [-0.25, -0.2) is 9.97 Å². The molecule has 0 aliphatic rings. The van der Waals surface area contributed by atoms with Crippen LogP contribution in [0.25, 0.3) is 0 Å². The maximum Gasteiger partial charge on any atom is 0.107 e. The Morgan fingerprint density at radius 3 is 3.00 bits per heavy atom. The number of rotatable bonds is 5. The van der Waals surface area contributed by atoms with Crippen molar-refractivity contribution in [3.8, 4) is 0 Å². The molecule has 2 rings (SSSR count). The van der Waals surface area contributed by atoms with Gasteiger partial charge in [0.1, 0.15) is 5.01 Å². The van der Waals surface area contributed by atoms with E-state index >= 15 is 0 Å². The lowest BCUT2D eigenvalue weighted by Crippen LogP contribution is -2.15. The summed E-state index contributed by atoms with van der Waals surface area (Å²) in [6.45, 7) is 6.77. The minimum atomic E-state index is 0.827. The maximum absolute atomic E-state index is 4.41. The predicted octanol–water partition coefficient (Wildman–Crippen LogP) is 1.96. The molecule has 0 unspecified atom stereocenters. The molecule has 0 aliphatic heterocycles. The van der Waals surface area contributed by atoms with Gasteiger partial charge in [-0.1, -0.05) is 0 Å². The molecule has 0 aliphatic carbocycles. The number of nitrogens with zero attached hydrogens (tertiary/aromatic N) is 3. The molecule has 0 radical (unpaired) electrons. The van der Waals surface area contributed by atoms with Crippen LogP contribution < -0.4 is 5.32 Å². The Labute approximate surface area is 99.4 Å². The molecule has 0 amide bonds. The Bertz CT molecular complexity index is 446. The smallest absolute Gasteiger partial charge is 0.107 e. The van der Waals surface area contributed by atoms with Gasteiger partial charge < -0.3 is 9.88 Å². The van der Waals surface area contributed by atoms with Crippen LogP contribution in [0.4, 0.5) is 0 Å². The van der Waals surface area contributed by atoms with Gasteiger partial charge in [0.2, 0.25) is 0 Å². The van der Waals surface area contributed by atoms with Crippen LogP contribution in [-0.2, 0) is 19.6 Å². The topological polar surface area (TPSA) is 42.7 Å². The van der Waals surface area contributed by atoms with Crippen molar-refractivity contribution >= 4 is 11.3 Å². The van der Waals surface area contributed by atoms with E-state index in [2.05, 4.69) is 32.2 Å². The number of thiazole rings is 1. The molecule has 0 saturated heterocycles. The molecule has 2 aromatic rings. The fourth-order valence-corrected chi connectivity index (χ4v) is 2.30. The predicted molar refractivity (Wildman–Crippen MR) is 65.3 cm³/mol. The second kappa shape index (κ2) is 5.23. The molecular formula is C11H16N4S. The summed E-state index contributed by atoms with van der Waals surface area (Å²) >= 11 is 1.70. The highest BCUT2D eigenvalue weighted by Crippen LogP contribution is 2.08. The van der Waals surface area contributed by atoms with Gasteiger partial charge in [-0.15, -0.1) is 11.3 Å². The Hall–Kier alpha value is -1.20. The summed E-state index contributed by atoms with van der Waals surface area (Å²) < 4.78 is 2.14. The zero-order valence-electron chi connectivity index (χ0n) is 9.60. The zero-order valence-corrected chi connectivity index (χ0v) is 10.4. The largest absolute Gasteiger partial charge is 0.334 e. The highest BCUT2D eigenvalue weighted by atomic mass is 32.1. The van der Waals surface area contributed by atoms with Crippen LogP contribution in [0.2, 0.25) is 0 Å². The molecule has 2 aromatic heterocycles. The van der Waals surface area contributed by atoms with Crippen LogP contribution in [0.5, 0.6) is 0 Å². The van der Waals surface area contributed by atoms with Crippen LogP contribution >= 0.6 is 11.3 Å². The van der Waals surface area contributed by atoms with Gasteiger partial charge in [-0.2, -0.15) is 0 Å². The maximum atomic E-state index is 4.41. The van der Waals surface area contributed by atoms with Crippen molar-refractivity contribution in [3.05, 3.63) is 34.3 Å². The molecule has 1 N–H and O–H groups in total. The lowest BCUT2D eigenvalue weighted by molar-refractivity contribution is 0.626. The first kappa shape index (κ1) is 11.3. The van der Waals surface area contributed by atoms with Crippen molar-refractivity contribution in [2.75, 3.05) is 0 Å². The zero-order chi connectivity index (χ0) is 11.4. The lowest BCUT2D eigenvalue weighted by atomic mass is 10.4. The normalized spacial score (nSPS) is 10.9. The summed E-state index contributed by atoms with van der Waals surface area (Å²) in [5, 5.41) is 6.59. The van der Waals surface area contributed by atoms with E-state index < -0.39 is 0 Å². The van der Waals surface area contributed by atoms with Gasteiger partial charge in [0, 0.05) is 36.9 Å². The molecule has 5 heteroatoms. The minimum absolute atomic E-state index is 0.827. The number of aromatic nitrogens is 3. The van der Waals surface area contributed by atoms with Crippen molar-refractivity contribution in [1.29, 1.82) is 0 Å². The van der Waals surface area contributed by atoms with E-state index in [1.165, 1.54) is 5.69 Å². The molecule has 0 bridgehead atoms. The SMILES string of the molecule is CCn1cncc1CNCc1nc(C)cs1. The number of nitrogens with one attached hydrogen (secondary N) is 1. The summed E-state index contributed by atoms with van der Waals surface area (Å²) in [5.74, 6) is 0. The van der Waals surface area contributed by atoms with Gasteiger partial charge in [0.25, 0.3) is 0 Å². The number of hydrogen-bond donors (Lipinski definition) is 1. The van der Waals surface area contributed by atoms with E-state index in [0.29, 0.717) is 0 Å². The van der Waals surface area contributed by atoms with Gasteiger partial charge in [-0.3, -0.25) is 0 Å². The van der Waals surface area contributed by atoms with Gasteiger partial charge >= 0.3 is 0 Å². The molecule has 2 heterocycles. The second-order valence-electron chi connectivity index (χ2n) is 3.66. The fraction of sp³-hybridized carbons (Fsp3) is 0.455. The molecule has 86 valence electrons. The first-order valence-electron chi connectivity index (χ1n) is 5.40. The minimum Gasteiger partial charge on any atom is -0.334 e. The average Bonchev–Trinajstić information content (AvgIpc) is 2.87. The van der Waals surface area contributed by atoms with Crippen molar-refractivity contribution in [2.24, 2.45) is 0 Å². The molecule has 0 fully saturated rings. The molecule has 0 spiro atoms. The van der Waals surface area contributed by atoms with Crippen molar-refractivity contribution in [3.63, 3.8) is 0 Å². The lowest BCUT2D eigenvalue weighted by Gasteiger charge is -2.05. The molecule has 0 saturated carbocycles. The Balaban J connectivity index is 1.84. The molecule has 0 aromatic carbocycles. The first-order valence-corrected chi connectivity index (χ1v) is 6.28. The quantitative estimate of drug-likeness (QED) is 0.863. The van der Waals surface area contributed by atoms with Crippen molar-refractivity contribution < 1.29 is 0 Å². The fourth-order valence-electron chi connectivity index (χ4n) is 1.56. The molecule has 4 nitrogen and oxygen atoms in total. The van der Waals surface area contributed by atoms with Crippen LogP contribution in [0, 0.1) is 6.92 Å². The Kier molecular flexibility index (Phi) is 3.69. The van der Waals surface area contributed by atoms with E-state index in [-0.39, 0.29) is 0 Å². The van der Waals surface area contributed by atoms with Gasteiger partial charge in [0.15, 0.2) is 0 Å². The van der Waals surface area contributed by atoms with Gasteiger partial charge in [-0.05, 0) is 13.8 Å². The number of imidazole rings is 1. The summed E-state index contributed by atoms with van der Waals surface area (Å²) in [6.07, 6.45) is 3.77. The van der Waals surface area contributed by atoms with Crippen LogP contribution in [-0.4, -0.2) is 14.5 Å². The van der Waals surface area contributed by atoms with Crippen LogP contribution in [0.15, 0.2) is 17.9 Å². The number of aryl methyl sites for hydroxylation is 2. The highest BCUT2D eigenvalue weighted by Gasteiger charge is 2.01. The van der Waals surface area contributed by atoms with Gasteiger partial charge in [0.05, 0.1) is 12.0 Å². The monoisotopic (exact) mass is 236 g/mol. The first-order chi connectivity index (χ1) is 7.79. The summed E-state index contributed by atoms with van der Waals surface area (Å²) in [7, 11) is 0. The van der Waals surface area contributed by atoms with E-state index in [1.54, 1.807) is 11.3 Å². The van der Waals surface area contributed by atoms with E-state index in [0.717, 1.165) is 30.3 Å². The van der Waals surface area contributed by atoms with E-state index in [4.69, 9.17) is 0 Å². The standard InChI is InChI=1S/C11H16N4S/c1-3-15-8-13-5-10(15)4-12-6-11-14-9(2)7-16-11/h5,7-8,12H,3-4,6H2,1-2H3. The number of hydrogen-bond acceptors (Lipinski definition) is 4. The van der Waals surface area contributed by atoms with E-state index in [9.17, 15) is 0 Å². The summed E-state index contributed by atoms with van der Waals surface area (Å²) in [6, 6.07) is 0. The third kappa shape index (κ3) is 2.68. The molecule has 16 heavy (non-hydrogen) atoms.